The molecule has 1 aliphatic heterocycles. The molecule has 1 heterocycles. The Labute approximate surface area is 203 Å². The smallest absolute Gasteiger partial charge is 0.338 e. The molecule has 1 amide bonds. The number of anilines is 1. The van der Waals surface area contributed by atoms with Crippen molar-refractivity contribution in [3.63, 3.8) is 0 Å². The van der Waals surface area contributed by atoms with E-state index >= 15 is 0 Å². The summed E-state index contributed by atoms with van der Waals surface area (Å²) in [6, 6.07) is 14.3. The van der Waals surface area contributed by atoms with Crippen LogP contribution in [0.2, 0.25) is 0 Å². The Kier molecular flexibility index (Phi) is 8.00. The molecule has 0 saturated heterocycles. The number of benzene rings is 2. The molecule has 35 heavy (non-hydrogen) atoms. The summed E-state index contributed by atoms with van der Waals surface area (Å²) >= 11 is 0. The SMILES string of the molecule is CCOC(=O)C1=C(C)OC(N)=C(C#N)C1c1ccc(OCC(=O)Nc2ccc(C)cc2)c(OC)c1. The molecule has 2 aromatic rings. The summed E-state index contributed by atoms with van der Waals surface area (Å²) in [6.45, 7) is 5.14. The van der Waals surface area contributed by atoms with E-state index in [0.717, 1.165) is 5.56 Å². The first-order chi connectivity index (χ1) is 16.8. The van der Waals surface area contributed by atoms with Crippen molar-refractivity contribution in [3.8, 4) is 17.6 Å². The monoisotopic (exact) mass is 477 g/mol. The molecule has 1 aliphatic rings. The molecule has 1 unspecified atom stereocenters. The van der Waals surface area contributed by atoms with Gasteiger partial charge < -0.3 is 30.0 Å². The molecule has 0 bridgehead atoms. The topological polar surface area (TPSA) is 133 Å². The van der Waals surface area contributed by atoms with Gasteiger partial charge >= 0.3 is 5.97 Å². The standard InChI is InChI=1S/C26H27N3O6/c1-5-33-26(31)23-16(3)35-25(28)19(13-27)24(23)17-8-11-20(21(12-17)32-4)34-14-22(30)29-18-9-6-15(2)7-10-18/h6-12,24H,5,14,28H2,1-4H3,(H,29,30). The van der Waals surface area contributed by atoms with Gasteiger partial charge in [-0.05, 0) is 50.6 Å². The van der Waals surface area contributed by atoms with E-state index < -0.39 is 11.9 Å². The van der Waals surface area contributed by atoms with Crippen LogP contribution in [0.3, 0.4) is 0 Å². The number of methoxy groups -OCH3 is 1. The maximum atomic E-state index is 12.7. The van der Waals surface area contributed by atoms with Gasteiger partial charge in [-0.15, -0.1) is 0 Å². The molecule has 9 nitrogen and oxygen atoms in total. The number of nitriles is 1. The Morgan fingerprint density at radius 1 is 1.14 bits per heavy atom. The van der Waals surface area contributed by atoms with Crippen LogP contribution in [0.25, 0.3) is 0 Å². The lowest BCUT2D eigenvalue weighted by Crippen LogP contribution is -2.25. The van der Waals surface area contributed by atoms with E-state index in [0.29, 0.717) is 22.7 Å². The third kappa shape index (κ3) is 5.73. The van der Waals surface area contributed by atoms with Crippen molar-refractivity contribution in [1.29, 1.82) is 5.26 Å². The van der Waals surface area contributed by atoms with Crippen molar-refractivity contribution in [3.05, 3.63) is 76.4 Å². The predicted octanol–water partition coefficient (Wildman–Crippen LogP) is 3.67. The average molecular weight is 478 g/mol. The van der Waals surface area contributed by atoms with Crippen LogP contribution in [0.1, 0.15) is 30.9 Å². The minimum Gasteiger partial charge on any atom is -0.493 e. The zero-order chi connectivity index (χ0) is 25.5. The van der Waals surface area contributed by atoms with Gasteiger partial charge in [-0.3, -0.25) is 4.79 Å². The molecule has 0 saturated carbocycles. The van der Waals surface area contributed by atoms with Gasteiger partial charge in [0.15, 0.2) is 18.1 Å². The molecule has 3 N–H and O–H groups in total. The van der Waals surface area contributed by atoms with Gasteiger partial charge in [-0.25, -0.2) is 4.79 Å². The molecule has 1 atom stereocenters. The molecule has 0 aliphatic carbocycles. The third-order valence-corrected chi connectivity index (χ3v) is 5.32. The number of nitrogens with two attached hydrogens (primary N) is 1. The maximum absolute atomic E-state index is 12.7. The number of allylic oxidation sites excluding steroid dienone is 2. The number of hydrogen-bond donors (Lipinski definition) is 2. The van der Waals surface area contributed by atoms with Crippen LogP contribution in [0.5, 0.6) is 11.5 Å². The normalized spacial score (nSPS) is 15.1. The second-order valence-corrected chi connectivity index (χ2v) is 7.73. The van der Waals surface area contributed by atoms with Crippen molar-refractivity contribution in [2.75, 3.05) is 25.6 Å². The second-order valence-electron chi connectivity index (χ2n) is 7.73. The Balaban J connectivity index is 1.85. The van der Waals surface area contributed by atoms with Crippen molar-refractivity contribution < 1.29 is 28.5 Å². The van der Waals surface area contributed by atoms with Gasteiger partial charge in [0.05, 0.1) is 25.2 Å². The van der Waals surface area contributed by atoms with Gasteiger partial charge in [0, 0.05) is 5.69 Å². The highest BCUT2D eigenvalue weighted by molar-refractivity contribution is 5.93. The number of rotatable bonds is 8. The second kappa shape index (κ2) is 11.1. The molecule has 9 heteroatoms. The van der Waals surface area contributed by atoms with Gasteiger partial charge in [-0.2, -0.15) is 5.26 Å². The van der Waals surface area contributed by atoms with E-state index in [9.17, 15) is 14.9 Å². The van der Waals surface area contributed by atoms with Crippen LogP contribution in [0.4, 0.5) is 5.69 Å². The summed E-state index contributed by atoms with van der Waals surface area (Å²) in [5, 5.41) is 12.5. The molecule has 3 rings (SSSR count). The van der Waals surface area contributed by atoms with Crippen LogP contribution < -0.4 is 20.5 Å². The number of ether oxygens (including phenoxy) is 4. The number of carbonyl (C=O) groups is 2. The number of esters is 1. The summed E-state index contributed by atoms with van der Waals surface area (Å²) in [6.07, 6.45) is 0. The first-order valence-electron chi connectivity index (χ1n) is 10.9. The molecular weight excluding hydrogens is 450 g/mol. The van der Waals surface area contributed by atoms with Gasteiger partial charge in [0.25, 0.3) is 5.91 Å². The van der Waals surface area contributed by atoms with Crippen LogP contribution in [-0.2, 0) is 19.1 Å². The molecule has 0 spiro atoms. The fourth-order valence-corrected chi connectivity index (χ4v) is 3.65. The van der Waals surface area contributed by atoms with E-state index in [1.807, 2.05) is 25.1 Å². The lowest BCUT2D eigenvalue weighted by Gasteiger charge is -2.27. The quantitative estimate of drug-likeness (QED) is 0.550. The van der Waals surface area contributed by atoms with Crippen molar-refractivity contribution in [2.45, 2.75) is 26.7 Å². The van der Waals surface area contributed by atoms with E-state index in [2.05, 4.69) is 5.32 Å². The number of nitrogens with zero attached hydrogens (tertiary/aromatic N) is 1. The summed E-state index contributed by atoms with van der Waals surface area (Å²) in [4.78, 5) is 25.0. The minimum absolute atomic E-state index is 0.0758. The number of aryl methyl sites for hydroxylation is 1. The van der Waals surface area contributed by atoms with Crippen LogP contribution in [0.15, 0.2) is 65.3 Å². The Morgan fingerprint density at radius 3 is 2.49 bits per heavy atom. The highest BCUT2D eigenvalue weighted by Crippen LogP contribution is 2.42. The molecular formula is C26H27N3O6. The lowest BCUT2D eigenvalue weighted by molar-refractivity contribution is -0.139. The highest BCUT2D eigenvalue weighted by atomic mass is 16.5. The van der Waals surface area contributed by atoms with Gasteiger partial charge in [0.2, 0.25) is 5.88 Å². The molecule has 0 fully saturated rings. The highest BCUT2D eigenvalue weighted by Gasteiger charge is 2.36. The largest absolute Gasteiger partial charge is 0.493 e. The van der Waals surface area contributed by atoms with E-state index in [-0.39, 0.29) is 41.9 Å². The van der Waals surface area contributed by atoms with Crippen LogP contribution >= 0.6 is 0 Å². The minimum atomic E-state index is -0.819. The number of nitrogens with one attached hydrogen (secondary N) is 1. The van der Waals surface area contributed by atoms with Crippen LogP contribution in [0, 0.1) is 18.3 Å². The van der Waals surface area contributed by atoms with Crippen molar-refractivity contribution in [1.82, 2.24) is 0 Å². The Bertz CT molecular complexity index is 1220. The average Bonchev–Trinajstić information content (AvgIpc) is 2.83. The van der Waals surface area contributed by atoms with E-state index in [4.69, 9.17) is 24.7 Å². The molecule has 0 aromatic heterocycles. The fraction of sp³-hybridized carbons (Fsp3) is 0.269. The molecule has 182 valence electrons. The summed E-state index contributed by atoms with van der Waals surface area (Å²) in [7, 11) is 1.45. The Morgan fingerprint density at radius 2 is 1.86 bits per heavy atom. The summed E-state index contributed by atoms with van der Waals surface area (Å²) in [5.74, 6) is -0.977. The van der Waals surface area contributed by atoms with Crippen molar-refractivity contribution >= 4 is 17.6 Å². The number of amides is 1. The maximum Gasteiger partial charge on any atom is 0.338 e. The summed E-state index contributed by atoms with van der Waals surface area (Å²) < 4.78 is 21.7. The first kappa shape index (κ1) is 25.2. The first-order valence-corrected chi connectivity index (χ1v) is 10.9. The third-order valence-electron chi connectivity index (χ3n) is 5.32. The molecule has 0 radical (unpaired) electrons. The molecule has 2 aromatic carbocycles. The predicted molar refractivity (Wildman–Crippen MR) is 128 cm³/mol. The van der Waals surface area contributed by atoms with Crippen molar-refractivity contribution in [2.24, 2.45) is 5.73 Å². The number of hydrogen-bond acceptors (Lipinski definition) is 8. The Hall–Kier alpha value is -4.45. The van der Waals surface area contributed by atoms with Gasteiger partial charge in [-0.1, -0.05) is 23.8 Å². The van der Waals surface area contributed by atoms with E-state index in [1.54, 1.807) is 44.2 Å². The summed E-state index contributed by atoms with van der Waals surface area (Å²) in [5.41, 5.74) is 8.48. The zero-order valence-electron chi connectivity index (χ0n) is 20.0. The number of carbonyl (C=O) groups excluding carboxylic acids is 2. The fourth-order valence-electron chi connectivity index (χ4n) is 3.65. The zero-order valence-corrected chi connectivity index (χ0v) is 20.0. The lowest BCUT2D eigenvalue weighted by atomic mass is 9.83. The van der Waals surface area contributed by atoms with Gasteiger partial charge in [0.1, 0.15) is 17.4 Å². The van der Waals surface area contributed by atoms with Crippen LogP contribution in [-0.4, -0.2) is 32.2 Å². The van der Waals surface area contributed by atoms with E-state index in [1.165, 1.54) is 7.11 Å².